The third-order valence-electron chi connectivity index (χ3n) is 3.47. The number of rotatable bonds is 5. The number of hydrogen-bond donors (Lipinski definition) is 1. The van der Waals surface area contributed by atoms with E-state index in [-0.39, 0.29) is 6.10 Å². The van der Waals surface area contributed by atoms with Crippen molar-refractivity contribution in [2.24, 2.45) is 0 Å². The van der Waals surface area contributed by atoms with Crippen LogP contribution in [0.3, 0.4) is 0 Å². The second-order valence-electron chi connectivity index (χ2n) is 5.15. The summed E-state index contributed by atoms with van der Waals surface area (Å²) in [5.74, 6) is -0.171. The van der Waals surface area contributed by atoms with E-state index in [9.17, 15) is 4.79 Å². The number of aliphatic carboxylic acids is 1. The van der Waals surface area contributed by atoms with Crippen LogP contribution in [-0.2, 0) is 16.1 Å². The molecule has 1 saturated heterocycles. The van der Waals surface area contributed by atoms with Crippen LogP contribution in [-0.4, -0.2) is 48.9 Å². The largest absolute Gasteiger partial charge is 0.497 e. The van der Waals surface area contributed by atoms with Crippen molar-refractivity contribution in [2.45, 2.75) is 19.6 Å². The molecule has 1 fully saturated rings. The molecule has 1 atom stereocenters. The Hall–Kier alpha value is -1.85. The van der Waals surface area contributed by atoms with Gasteiger partial charge in [-0.05, 0) is 36.3 Å². The number of methoxy groups -OCH3 is 1. The van der Waals surface area contributed by atoms with Gasteiger partial charge < -0.3 is 14.6 Å². The second kappa shape index (κ2) is 7.24. The Morgan fingerprint density at radius 2 is 2.38 bits per heavy atom. The minimum Gasteiger partial charge on any atom is -0.497 e. The van der Waals surface area contributed by atoms with Crippen molar-refractivity contribution < 1.29 is 19.4 Å². The molecule has 1 heterocycles. The number of morpholine rings is 1. The van der Waals surface area contributed by atoms with Gasteiger partial charge in [0.05, 0.1) is 19.8 Å². The van der Waals surface area contributed by atoms with Crippen molar-refractivity contribution in [1.82, 2.24) is 4.90 Å². The zero-order valence-electron chi connectivity index (χ0n) is 12.4. The van der Waals surface area contributed by atoms with Gasteiger partial charge in [0, 0.05) is 25.7 Å². The lowest BCUT2D eigenvalue weighted by atomic mass is 10.1. The van der Waals surface area contributed by atoms with Crippen molar-refractivity contribution in [3.05, 3.63) is 35.4 Å². The molecule has 0 aromatic heterocycles. The quantitative estimate of drug-likeness (QED) is 0.841. The Morgan fingerprint density at radius 3 is 3.05 bits per heavy atom. The Morgan fingerprint density at radius 1 is 1.57 bits per heavy atom. The van der Waals surface area contributed by atoms with E-state index < -0.39 is 5.97 Å². The average molecular weight is 291 g/mol. The Labute approximate surface area is 124 Å². The van der Waals surface area contributed by atoms with Gasteiger partial charge in [-0.1, -0.05) is 6.07 Å². The Kier molecular flexibility index (Phi) is 5.36. The zero-order chi connectivity index (χ0) is 15.2. The summed E-state index contributed by atoms with van der Waals surface area (Å²) in [6.07, 6.45) is 3.01. The molecular formula is C16H21NO4. The van der Waals surface area contributed by atoms with Gasteiger partial charge >= 0.3 is 5.97 Å². The van der Waals surface area contributed by atoms with Crippen LogP contribution in [0.5, 0.6) is 5.75 Å². The van der Waals surface area contributed by atoms with E-state index in [1.165, 1.54) is 0 Å². The molecule has 114 valence electrons. The van der Waals surface area contributed by atoms with E-state index in [4.69, 9.17) is 14.6 Å². The van der Waals surface area contributed by atoms with Gasteiger partial charge in [-0.2, -0.15) is 0 Å². The van der Waals surface area contributed by atoms with E-state index >= 15 is 0 Å². The van der Waals surface area contributed by atoms with Gasteiger partial charge in [-0.25, -0.2) is 4.79 Å². The van der Waals surface area contributed by atoms with Gasteiger partial charge in [0.1, 0.15) is 5.75 Å². The van der Waals surface area contributed by atoms with Gasteiger partial charge in [-0.15, -0.1) is 0 Å². The lowest BCUT2D eigenvalue weighted by Crippen LogP contribution is -2.40. The molecule has 1 N–H and O–H groups in total. The fraction of sp³-hybridized carbons (Fsp3) is 0.438. The maximum absolute atomic E-state index is 10.7. The van der Waals surface area contributed by atoms with E-state index in [0.29, 0.717) is 0 Å². The maximum Gasteiger partial charge on any atom is 0.328 e. The van der Waals surface area contributed by atoms with Crippen LogP contribution in [0.4, 0.5) is 0 Å². The molecule has 0 bridgehead atoms. The minimum absolute atomic E-state index is 0.224. The highest BCUT2D eigenvalue weighted by molar-refractivity contribution is 5.85. The summed E-state index contributed by atoms with van der Waals surface area (Å²) in [6.45, 7) is 5.29. The summed E-state index contributed by atoms with van der Waals surface area (Å²) < 4.78 is 10.8. The number of benzene rings is 1. The highest BCUT2D eigenvalue weighted by atomic mass is 16.5. The molecule has 5 nitrogen and oxygen atoms in total. The van der Waals surface area contributed by atoms with Crippen LogP contribution in [0, 0.1) is 0 Å². The predicted molar refractivity (Wildman–Crippen MR) is 80.4 cm³/mol. The van der Waals surface area contributed by atoms with Crippen molar-refractivity contribution in [1.29, 1.82) is 0 Å². The van der Waals surface area contributed by atoms with Gasteiger partial charge in [-0.3, -0.25) is 4.90 Å². The first-order valence-corrected chi connectivity index (χ1v) is 7.00. The van der Waals surface area contributed by atoms with Crippen molar-refractivity contribution in [2.75, 3.05) is 26.8 Å². The molecule has 0 saturated carbocycles. The SMILES string of the molecule is COc1ccc(C=CC(=O)O)c(CN2CCOC(C)C2)c1. The predicted octanol–water partition coefficient (Wildman–Crippen LogP) is 2.01. The first-order valence-electron chi connectivity index (χ1n) is 7.00. The summed E-state index contributed by atoms with van der Waals surface area (Å²) in [4.78, 5) is 13.0. The number of carboxylic acid groups (broad SMARTS) is 1. The lowest BCUT2D eigenvalue weighted by molar-refractivity contribution is -0.131. The summed E-state index contributed by atoms with van der Waals surface area (Å²) in [7, 11) is 1.63. The third-order valence-corrected chi connectivity index (χ3v) is 3.47. The van der Waals surface area contributed by atoms with Crippen LogP contribution >= 0.6 is 0 Å². The lowest BCUT2D eigenvalue weighted by Gasteiger charge is -2.31. The number of ether oxygens (including phenoxy) is 2. The molecule has 1 unspecified atom stereocenters. The number of hydrogen-bond acceptors (Lipinski definition) is 4. The monoisotopic (exact) mass is 291 g/mol. The van der Waals surface area contributed by atoms with Crippen molar-refractivity contribution in [3.63, 3.8) is 0 Å². The van der Waals surface area contributed by atoms with Crippen LogP contribution in [0.25, 0.3) is 6.08 Å². The molecule has 1 aromatic carbocycles. The van der Waals surface area contributed by atoms with Crippen molar-refractivity contribution in [3.8, 4) is 5.75 Å². The van der Waals surface area contributed by atoms with Crippen LogP contribution in [0.2, 0.25) is 0 Å². The Balaban J connectivity index is 2.19. The summed E-state index contributed by atoms with van der Waals surface area (Å²) in [5.41, 5.74) is 1.96. The minimum atomic E-state index is -0.947. The number of nitrogens with zero attached hydrogens (tertiary/aromatic N) is 1. The Bertz CT molecular complexity index is 527. The molecule has 0 aliphatic carbocycles. The van der Waals surface area contributed by atoms with Gasteiger partial charge in [0.15, 0.2) is 0 Å². The van der Waals surface area contributed by atoms with Gasteiger partial charge in [0.2, 0.25) is 0 Å². The molecule has 1 aliphatic rings. The van der Waals surface area contributed by atoms with Gasteiger partial charge in [0.25, 0.3) is 0 Å². The molecule has 0 radical (unpaired) electrons. The zero-order valence-corrected chi connectivity index (χ0v) is 12.4. The fourth-order valence-corrected chi connectivity index (χ4v) is 2.44. The van der Waals surface area contributed by atoms with E-state index in [2.05, 4.69) is 11.8 Å². The second-order valence-corrected chi connectivity index (χ2v) is 5.15. The topological polar surface area (TPSA) is 59.0 Å². The molecule has 0 spiro atoms. The highest BCUT2D eigenvalue weighted by Crippen LogP contribution is 2.21. The first kappa shape index (κ1) is 15.5. The standard InChI is InChI=1S/C16H21NO4/c1-12-10-17(7-8-21-12)11-14-9-15(20-2)5-3-13(14)4-6-16(18)19/h3-6,9,12H,7-8,10-11H2,1-2H3,(H,18,19). The molecule has 1 aliphatic heterocycles. The average Bonchev–Trinajstić information content (AvgIpc) is 2.45. The maximum atomic E-state index is 10.7. The first-order chi connectivity index (χ1) is 10.1. The van der Waals surface area contributed by atoms with Crippen molar-refractivity contribution >= 4 is 12.0 Å². The van der Waals surface area contributed by atoms with Crippen LogP contribution in [0.1, 0.15) is 18.1 Å². The normalized spacial score (nSPS) is 19.8. The molecule has 2 rings (SSSR count). The molecular weight excluding hydrogens is 270 g/mol. The van der Waals surface area contributed by atoms with Crippen LogP contribution in [0.15, 0.2) is 24.3 Å². The van der Waals surface area contributed by atoms with Crippen LogP contribution < -0.4 is 4.74 Å². The summed E-state index contributed by atoms with van der Waals surface area (Å²) in [6, 6.07) is 5.69. The summed E-state index contributed by atoms with van der Waals surface area (Å²) in [5, 5.41) is 8.78. The molecule has 21 heavy (non-hydrogen) atoms. The molecule has 1 aromatic rings. The molecule has 0 amide bonds. The van der Waals surface area contributed by atoms with E-state index in [1.54, 1.807) is 13.2 Å². The van der Waals surface area contributed by atoms with E-state index in [1.807, 2.05) is 18.2 Å². The summed E-state index contributed by atoms with van der Waals surface area (Å²) >= 11 is 0. The third kappa shape index (κ3) is 4.58. The smallest absolute Gasteiger partial charge is 0.328 e. The molecule has 5 heteroatoms. The van der Waals surface area contributed by atoms with E-state index in [0.717, 1.165) is 49.2 Å². The highest BCUT2D eigenvalue weighted by Gasteiger charge is 2.17. The number of carbonyl (C=O) groups is 1. The fourth-order valence-electron chi connectivity index (χ4n) is 2.44. The number of carboxylic acids is 1.